The standard InChI is InChI=1S/C14H16N2O2S/c1-9(2)18-13(17)8-19-14-10(3)15-11-6-4-5-7-12(11)16-14/h4-7,9H,8H2,1-3H3. The van der Waals surface area contributed by atoms with E-state index in [1.807, 2.05) is 45.0 Å². The number of thioether (sulfide) groups is 1. The van der Waals surface area contributed by atoms with Gasteiger partial charge in [0.25, 0.3) is 0 Å². The number of rotatable bonds is 4. The smallest absolute Gasteiger partial charge is 0.316 e. The van der Waals surface area contributed by atoms with Crippen molar-refractivity contribution in [1.82, 2.24) is 9.97 Å². The van der Waals surface area contributed by atoms with Gasteiger partial charge in [0, 0.05) is 0 Å². The summed E-state index contributed by atoms with van der Waals surface area (Å²) >= 11 is 1.36. The number of carbonyl (C=O) groups excluding carboxylic acids is 1. The molecule has 1 aromatic heterocycles. The summed E-state index contributed by atoms with van der Waals surface area (Å²) in [6.07, 6.45) is -0.0862. The number of benzene rings is 1. The van der Waals surface area contributed by atoms with E-state index < -0.39 is 0 Å². The summed E-state index contributed by atoms with van der Waals surface area (Å²) < 4.78 is 5.09. The van der Waals surface area contributed by atoms with E-state index >= 15 is 0 Å². The maximum atomic E-state index is 11.5. The predicted molar refractivity (Wildman–Crippen MR) is 76.2 cm³/mol. The maximum Gasteiger partial charge on any atom is 0.316 e. The van der Waals surface area contributed by atoms with Gasteiger partial charge in [0.05, 0.1) is 28.6 Å². The molecular weight excluding hydrogens is 260 g/mol. The number of para-hydroxylation sites is 2. The summed E-state index contributed by atoms with van der Waals surface area (Å²) in [5, 5.41) is 0.777. The van der Waals surface area contributed by atoms with Gasteiger partial charge in [0.15, 0.2) is 0 Å². The van der Waals surface area contributed by atoms with Gasteiger partial charge < -0.3 is 4.74 Å². The predicted octanol–water partition coefficient (Wildman–Crippen LogP) is 2.98. The van der Waals surface area contributed by atoms with Crippen molar-refractivity contribution in [2.75, 3.05) is 5.75 Å². The number of ether oxygens (including phenoxy) is 1. The van der Waals surface area contributed by atoms with E-state index in [1.54, 1.807) is 0 Å². The fraction of sp³-hybridized carbons (Fsp3) is 0.357. The Morgan fingerprint density at radius 3 is 2.53 bits per heavy atom. The highest BCUT2D eigenvalue weighted by Gasteiger charge is 2.10. The number of nitrogens with zero attached hydrogens (tertiary/aromatic N) is 2. The van der Waals surface area contributed by atoms with E-state index in [-0.39, 0.29) is 17.8 Å². The van der Waals surface area contributed by atoms with Crippen LogP contribution in [0.25, 0.3) is 11.0 Å². The lowest BCUT2D eigenvalue weighted by molar-refractivity contribution is -0.144. The molecule has 19 heavy (non-hydrogen) atoms. The summed E-state index contributed by atoms with van der Waals surface area (Å²) in [6.45, 7) is 5.57. The molecule has 0 saturated heterocycles. The first kappa shape index (κ1) is 13.8. The van der Waals surface area contributed by atoms with E-state index in [0.29, 0.717) is 0 Å². The fourth-order valence-corrected chi connectivity index (χ4v) is 2.37. The molecule has 0 aliphatic heterocycles. The lowest BCUT2D eigenvalue weighted by Gasteiger charge is -2.08. The molecule has 2 aromatic rings. The van der Waals surface area contributed by atoms with Crippen LogP contribution in [0.4, 0.5) is 0 Å². The average molecular weight is 276 g/mol. The van der Waals surface area contributed by atoms with Gasteiger partial charge in [-0.15, -0.1) is 0 Å². The molecule has 0 unspecified atom stereocenters. The molecule has 0 N–H and O–H groups in total. The van der Waals surface area contributed by atoms with Crippen LogP contribution < -0.4 is 0 Å². The number of hydrogen-bond acceptors (Lipinski definition) is 5. The highest BCUT2D eigenvalue weighted by molar-refractivity contribution is 7.99. The minimum absolute atomic E-state index is 0.0862. The zero-order valence-electron chi connectivity index (χ0n) is 11.2. The van der Waals surface area contributed by atoms with E-state index in [4.69, 9.17) is 4.74 Å². The lowest BCUT2D eigenvalue weighted by Crippen LogP contribution is -2.13. The van der Waals surface area contributed by atoms with Crippen LogP contribution in [-0.2, 0) is 9.53 Å². The van der Waals surface area contributed by atoms with E-state index in [2.05, 4.69) is 9.97 Å². The molecule has 1 heterocycles. The number of esters is 1. The molecule has 2 rings (SSSR count). The van der Waals surface area contributed by atoms with Crippen LogP contribution in [0, 0.1) is 6.92 Å². The van der Waals surface area contributed by atoms with Gasteiger partial charge in [0.2, 0.25) is 0 Å². The summed E-state index contributed by atoms with van der Waals surface area (Å²) in [6, 6.07) is 7.70. The molecule has 4 nitrogen and oxygen atoms in total. The van der Waals surface area contributed by atoms with Gasteiger partial charge in [-0.1, -0.05) is 23.9 Å². The van der Waals surface area contributed by atoms with Gasteiger partial charge >= 0.3 is 5.97 Å². The van der Waals surface area contributed by atoms with Crippen LogP contribution in [0.15, 0.2) is 29.3 Å². The van der Waals surface area contributed by atoms with E-state index in [9.17, 15) is 4.79 Å². The Bertz CT molecular complexity index is 599. The van der Waals surface area contributed by atoms with Crippen molar-refractivity contribution >= 4 is 28.8 Å². The number of aromatic nitrogens is 2. The fourth-order valence-electron chi connectivity index (χ4n) is 1.63. The third-order valence-corrected chi connectivity index (χ3v) is 3.44. The summed E-state index contributed by atoms with van der Waals surface area (Å²) in [7, 11) is 0. The van der Waals surface area contributed by atoms with Crippen LogP contribution in [0.1, 0.15) is 19.5 Å². The molecule has 0 radical (unpaired) electrons. The molecule has 0 fully saturated rings. The first-order valence-electron chi connectivity index (χ1n) is 6.12. The van der Waals surface area contributed by atoms with Crippen molar-refractivity contribution in [3.8, 4) is 0 Å². The second-order valence-corrected chi connectivity index (χ2v) is 5.39. The average Bonchev–Trinajstić information content (AvgIpc) is 2.35. The maximum absolute atomic E-state index is 11.5. The molecular formula is C14H16N2O2S. The summed E-state index contributed by atoms with van der Waals surface area (Å²) in [5.74, 6) is 0.0285. The molecule has 5 heteroatoms. The summed E-state index contributed by atoms with van der Waals surface area (Å²) in [5.41, 5.74) is 2.54. The van der Waals surface area contributed by atoms with Gasteiger partial charge in [-0.2, -0.15) is 0 Å². The molecule has 0 atom stereocenters. The number of carbonyl (C=O) groups is 1. The van der Waals surface area contributed by atoms with Crippen molar-refractivity contribution in [1.29, 1.82) is 0 Å². The van der Waals surface area contributed by atoms with Gasteiger partial charge in [-0.25, -0.2) is 9.97 Å². The first-order valence-corrected chi connectivity index (χ1v) is 7.10. The summed E-state index contributed by atoms with van der Waals surface area (Å²) in [4.78, 5) is 20.5. The molecule has 0 aliphatic rings. The quantitative estimate of drug-likeness (QED) is 0.634. The Kier molecular flexibility index (Phi) is 4.37. The normalized spacial score (nSPS) is 10.9. The minimum Gasteiger partial charge on any atom is -0.462 e. The SMILES string of the molecule is Cc1nc2ccccc2nc1SCC(=O)OC(C)C. The van der Waals surface area contributed by atoms with Gasteiger partial charge in [-0.3, -0.25) is 4.79 Å². The van der Waals surface area contributed by atoms with Crippen molar-refractivity contribution in [3.05, 3.63) is 30.0 Å². The second-order valence-electron chi connectivity index (χ2n) is 4.43. The molecule has 100 valence electrons. The molecule has 1 aromatic carbocycles. The zero-order chi connectivity index (χ0) is 13.8. The molecule has 0 aliphatic carbocycles. The molecule has 0 bridgehead atoms. The largest absolute Gasteiger partial charge is 0.462 e. The topological polar surface area (TPSA) is 52.1 Å². The number of aryl methyl sites for hydroxylation is 1. The Hall–Kier alpha value is -1.62. The Balaban J connectivity index is 2.12. The zero-order valence-corrected chi connectivity index (χ0v) is 12.0. The molecule has 0 amide bonds. The Morgan fingerprint density at radius 2 is 1.89 bits per heavy atom. The molecule has 0 saturated carbocycles. The Morgan fingerprint density at radius 1 is 1.26 bits per heavy atom. The molecule has 0 spiro atoms. The van der Waals surface area contributed by atoms with Crippen LogP contribution in [0.5, 0.6) is 0 Å². The highest BCUT2D eigenvalue weighted by atomic mass is 32.2. The Labute approximate surface area is 116 Å². The van der Waals surface area contributed by atoms with Crippen LogP contribution in [-0.4, -0.2) is 27.8 Å². The van der Waals surface area contributed by atoms with Crippen molar-refractivity contribution in [2.45, 2.75) is 31.9 Å². The third kappa shape index (κ3) is 3.67. The van der Waals surface area contributed by atoms with Crippen LogP contribution in [0.3, 0.4) is 0 Å². The third-order valence-electron chi connectivity index (χ3n) is 2.40. The van der Waals surface area contributed by atoms with Crippen LogP contribution >= 0.6 is 11.8 Å². The lowest BCUT2D eigenvalue weighted by atomic mass is 10.3. The van der Waals surface area contributed by atoms with Crippen molar-refractivity contribution in [2.24, 2.45) is 0 Å². The van der Waals surface area contributed by atoms with Crippen LogP contribution in [0.2, 0.25) is 0 Å². The number of hydrogen-bond donors (Lipinski definition) is 0. The van der Waals surface area contributed by atoms with Crippen molar-refractivity contribution < 1.29 is 9.53 Å². The van der Waals surface area contributed by atoms with Gasteiger partial charge in [-0.05, 0) is 32.9 Å². The number of fused-ring (bicyclic) bond motifs is 1. The highest BCUT2D eigenvalue weighted by Crippen LogP contribution is 2.21. The van der Waals surface area contributed by atoms with E-state index in [1.165, 1.54) is 11.8 Å². The first-order chi connectivity index (χ1) is 9.06. The van der Waals surface area contributed by atoms with E-state index in [0.717, 1.165) is 21.8 Å². The monoisotopic (exact) mass is 276 g/mol. The van der Waals surface area contributed by atoms with Gasteiger partial charge in [0.1, 0.15) is 5.03 Å². The minimum atomic E-state index is -0.227. The van der Waals surface area contributed by atoms with Crippen molar-refractivity contribution in [3.63, 3.8) is 0 Å². The second kappa shape index (κ2) is 6.02.